The minimum atomic E-state index is 0.673. The third-order valence-electron chi connectivity index (χ3n) is 1.28. The molecule has 0 aliphatic heterocycles. The molecule has 0 rings (SSSR count). The molecule has 12 heavy (non-hydrogen) atoms. The van der Waals surface area contributed by atoms with Crippen molar-refractivity contribution in [3.8, 4) is 0 Å². The molecular formula is C9H14N2O. The number of nitrogens with zero attached hydrogens (tertiary/aromatic N) is 2. The van der Waals surface area contributed by atoms with Gasteiger partial charge in [0, 0.05) is 0 Å². The van der Waals surface area contributed by atoms with Crippen LogP contribution in [0.2, 0.25) is 0 Å². The standard InChI is InChI=1S/C9H14N2O/c1-2-3-4-5-6-7-8-10-9-11-12/h2-4,12H,1,5-8H2. The fraction of sp³-hybridized carbons (Fsp3) is 0.444. The normalized spacial score (nSPS) is 9.33. The summed E-state index contributed by atoms with van der Waals surface area (Å²) in [5.74, 6) is 0. The Kier molecular flexibility index (Phi) is 8.58. The smallest absolute Gasteiger partial charge is 0.135 e. The zero-order valence-electron chi connectivity index (χ0n) is 7.11. The van der Waals surface area contributed by atoms with Gasteiger partial charge in [-0.3, -0.25) is 0 Å². The van der Waals surface area contributed by atoms with Crippen molar-refractivity contribution < 1.29 is 5.21 Å². The summed E-state index contributed by atoms with van der Waals surface area (Å²) in [6.45, 7) is 4.24. The van der Waals surface area contributed by atoms with Gasteiger partial charge in [0.1, 0.15) is 6.01 Å². The van der Waals surface area contributed by atoms with Gasteiger partial charge in [0.25, 0.3) is 0 Å². The Morgan fingerprint density at radius 2 is 2.25 bits per heavy atom. The highest BCUT2D eigenvalue weighted by atomic mass is 16.4. The molecule has 0 saturated heterocycles. The first kappa shape index (κ1) is 10.7. The molecule has 0 spiro atoms. The van der Waals surface area contributed by atoms with E-state index in [1.807, 2.05) is 6.08 Å². The Balaban J connectivity index is 3.16. The van der Waals surface area contributed by atoms with E-state index in [2.05, 4.69) is 28.8 Å². The average molecular weight is 166 g/mol. The summed E-state index contributed by atoms with van der Waals surface area (Å²) in [4.78, 5) is 3.70. The van der Waals surface area contributed by atoms with Gasteiger partial charge in [0.15, 0.2) is 0 Å². The van der Waals surface area contributed by atoms with Gasteiger partial charge in [-0.15, -0.1) is 0 Å². The molecule has 0 aliphatic rings. The Hall–Kier alpha value is -1.34. The maximum atomic E-state index is 7.94. The molecule has 3 nitrogen and oxygen atoms in total. The molecule has 0 heterocycles. The lowest BCUT2D eigenvalue weighted by molar-refractivity contribution is 0.322. The first-order valence-corrected chi connectivity index (χ1v) is 3.95. The van der Waals surface area contributed by atoms with Gasteiger partial charge >= 0.3 is 0 Å². The average Bonchev–Trinajstić information content (AvgIpc) is 2.10. The van der Waals surface area contributed by atoms with Crippen molar-refractivity contribution in [2.75, 3.05) is 6.54 Å². The van der Waals surface area contributed by atoms with Gasteiger partial charge in [0.2, 0.25) is 0 Å². The third-order valence-corrected chi connectivity index (χ3v) is 1.28. The molecule has 0 aromatic carbocycles. The molecule has 0 amide bonds. The predicted molar refractivity (Wildman–Crippen MR) is 49.7 cm³/mol. The van der Waals surface area contributed by atoms with Crippen LogP contribution in [-0.4, -0.2) is 17.8 Å². The van der Waals surface area contributed by atoms with Gasteiger partial charge < -0.3 is 5.21 Å². The maximum Gasteiger partial charge on any atom is 0.135 e. The zero-order valence-corrected chi connectivity index (χ0v) is 7.11. The molecule has 3 heteroatoms. The predicted octanol–water partition coefficient (Wildman–Crippen LogP) is 2.46. The van der Waals surface area contributed by atoms with Crippen molar-refractivity contribution in [3.05, 3.63) is 24.8 Å². The quantitative estimate of drug-likeness (QED) is 0.213. The van der Waals surface area contributed by atoms with Crippen LogP contribution >= 0.6 is 0 Å². The molecular weight excluding hydrogens is 152 g/mol. The summed E-state index contributed by atoms with van der Waals surface area (Å²) in [6.07, 6.45) is 8.87. The highest BCUT2D eigenvalue weighted by molar-refractivity contribution is 5.39. The van der Waals surface area contributed by atoms with Gasteiger partial charge in [0.05, 0.1) is 6.54 Å². The second-order valence-electron chi connectivity index (χ2n) is 2.24. The molecule has 0 saturated carbocycles. The number of unbranched alkanes of at least 4 members (excludes halogenated alkanes) is 2. The molecule has 0 fully saturated rings. The van der Waals surface area contributed by atoms with Gasteiger partial charge in [-0.1, -0.05) is 24.8 Å². The number of hydrogen-bond donors (Lipinski definition) is 1. The fourth-order valence-electron chi connectivity index (χ4n) is 0.727. The van der Waals surface area contributed by atoms with Crippen LogP contribution < -0.4 is 0 Å². The lowest BCUT2D eigenvalue weighted by atomic mass is 10.2. The molecule has 1 N–H and O–H groups in total. The summed E-state index contributed by atoms with van der Waals surface area (Å²) < 4.78 is 0. The topological polar surface area (TPSA) is 45.0 Å². The molecule has 0 aliphatic carbocycles. The van der Waals surface area contributed by atoms with Crippen molar-refractivity contribution in [2.24, 2.45) is 10.1 Å². The van der Waals surface area contributed by atoms with Gasteiger partial charge in [-0.05, 0) is 24.4 Å². The highest BCUT2D eigenvalue weighted by Gasteiger charge is 1.82. The molecule has 0 aromatic rings. The zero-order chi connectivity index (χ0) is 9.07. The van der Waals surface area contributed by atoms with Crippen LogP contribution in [0.5, 0.6) is 0 Å². The number of hydrogen-bond acceptors (Lipinski definition) is 3. The van der Waals surface area contributed by atoms with E-state index in [0.29, 0.717) is 6.54 Å². The minimum Gasteiger partial charge on any atom is -0.403 e. The molecule has 0 aromatic heterocycles. The SMILES string of the molecule is C=CC=CCCCCN=C=NO. The van der Waals surface area contributed by atoms with Gasteiger partial charge in [-0.2, -0.15) is 0 Å². The fourth-order valence-corrected chi connectivity index (χ4v) is 0.727. The largest absolute Gasteiger partial charge is 0.403 e. The Morgan fingerprint density at radius 1 is 1.42 bits per heavy atom. The van der Waals surface area contributed by atoms with E-state index in [1.54, 1.807) is 6.08 Å². The van der Waals surface area contributed by atoms with Crippen molar-refractivity contribution in [2.45, 2.75) is 19.3 Å². The van der Waals surface area contributed by atoms with Crippen LogP contribution in [0.25, 0.3) is 0 Å². The molecule has 66 valence electrons. The van der Waals surface area contributed by atoms with Crippen LogP contribution in [0.3, 0.4) is 0 Å². The van der Waals surface area contributed by atoms with Crippen LogP contribution in [-0.2, 0) is 0 Å². The van der Waals surface area contributed by atoms with E-state index in [-0.39, 0.29) is 0 Å². The highest BCUT2D eigenvalue weighted by Crippen LogP contribution is 1.96. The minimum absolute atomic E-state index is 0.673. The van der Waals surface area contributed by atoms with Crippen LogP contribution in [0, 0.1) is 0 Å². The molecule has 0 bridgehead atoms. The molecule has 0 unspecified atom stereocenters. The number of aliphatic imine (C=N–C) groups is 1. The maximum absolute atomic E-state index is 7.94. The van der Waals surface area contributed by atoms with Crippen molar-refractivity contribution in [3.63, 3.8) is 0 Å². The number of rotatable bonds is 6. The van der Waals surface area contributed by atoms with Crippen molar-refractivity contribution in [1.82, 2.24) is 0 Å². The van der Waals surface area contributed by atoms with E-state index in [1.165, 1.54) is 0 Å². The summed E-state index contributed by atoms with van der Waals surface area (Å²) in [6, 6.07) is 2.12. The second kappa shape index (κ2) is 9.66. The monoisotopic (exact) mass is 166 g/mol. The van der Waals surface area contributed by atoms with E-state index >= 15 is 0 Å². The van der Waals surface area contributed by atoms with E-state index in [9.17, 15) is 0 Å². The number of allylic oxidation sites excluding steroid dienone is 3. The molecule has 0 radical (unpaired) electrons. The van der Waals surface area contributed by atoms with Crippen molar-refractivity contribution >= 4 is 6.01 Å². The third kappa shape index (κ3) is 8.66. The summed E-state index contributed by atoms with van der Waals surface area (Å²) in [5.41, 5.74) is 0. The Labute approximate surface area is 72.8 Å². The Bertz CT molecular complexity index is 191. The summed E-state index contributed by atoms with van der Waals surface area (Å²) >= 11 is 0. The van der Waals surface area contributed by atoms with Crippen LogP contribution in [0.15, 0.2) is 35.0 Å². The van der Waals surface area contributed by atoms with E-state index in [0.717, 1.165) is 19.3 Å². The lowest BCUT2D eigenvalue weighted by Gasteiger charge is -1.89. The van der Waals surface area contributed by atoms with Gasteiger partial charge in [-0.25, -0.2) is 4.99 Å². The van der Waals surface area contributed by atoms with Crippen LogP contribution in [0.1, 0.15) is 19.3 Å². The molecule has 0 atom stereocenters. The van der Waals surface area contributed by atoms with Crippen molar-refractivity contribution in [1.29, 1.82) is 0 Å². The first-order valence-electron chi connectivity index (χ1n) is 3.95. The second-order valence-corrected chi connectivity index (χ2v) is 2.24. The van der Waals surface area contributed by atoms with E-state index in [4.69, 9.17) is 5.21 Å². The summed E-state index contributed by atoms with van der Waals surface area (Å²) in [7, 11) is 0. The summed E-state index contributed by atoms with van der Waals surface area (Å²) in [5, 5.41) is 10.6. The first-order chi connectivity index (χ1) is 5.91. The van der Waals surface area contributed by atoms with E-state index < -0.39 is 0 Å². The van der Waals surface area contributed by atoms with Crippen LogP contribution in [0.4, 0.5) is 0 Å². The lowest BCUT2D eigenvalue weighted by Crippen LogP contribution is -1.79. The Morgan fingerprint density at radius 3 is 2.92 bits per heavy atom.